The van der Waals surface area contributed by atoms with E-state index in [4.69, 9.17) is 21.6 Å². The van der Waals surface area contributed by atoms with Gasteiger partial charge < -0.3 is 9.84 Å². The van der Waals surface area contributed by atoms with E-state index in [-0.39, 0.29) is 29.4 Å². The van der Waals surface area contributed by atoms with Crippen LogP contribution < -0.4 is 4.74 Å². The Kier molecular flexibility index (Phi) is 5.06. The molecule has 1 aromatic carbocycles. The van der Waals surface area contributed by atoms with Crippen LogP contribution in [0, 0.1) is 17.1 Å². The number of nitriles is 1. The van der Waals surface area contributed by atoms with Crippen LogP contribution in [0.5, 0.6) is 11.5 Å². The van der Waals surface area contributed by atoms with Crippen LogP contribution in [0.4, 0.5) is 4.39 Å². The number of ether oxygens (including phenoxy) is 1. The lowest BCUT2D eigenvalue weighted by molar-refractivity contribution is 0.231. The van der Waals surface area contributed by atoms with Crippen molar-refractivity contribution in [2.24, 2.45) is 0 Å². The third-order valence-electron chi connectivity index (χ3n) is 3.95. The van der Waals surface area contributed by atoms with E-state index in [0.29, 0.717) is 10.6 Å². The molecule has 1 N–H and O–H groups in total. The summed E-state index contributed by atoms with van der Waals surface area (Å²) in [5.41, 5.74) is 0.0971. The average Bonchev–Trinajstić information content (AvgIpc) is 2.99. The van der Waals surface area contributed by atoms with Crippen LogP contribution in [-0.4, -0.2) is 42.0 Å². The van der Waals surface area contributed by atoms with E-state index in [1.165, 1.54) is 18.3 Å². The standard InChI is InChI=1S/C17H13ClFN3O4S/c1-10-8-22(27(24,25)17-3-2-12(18)7-21-17)9-16(10)26-15-5-13(19)11(6-20)4-14(15)23/h2-5,7,16,23H,1,8-9H2/t16-/m0/s1. The van der Waals surface area contributed by atoms with Gasteiger partial charge in [-0.15, -0.1) is 0 Å². The monoisotopic (exact) mass is 409 g/mol. The molecule has 0 radical (unpaired) electrons. The first-order valence-corrected chi connectivity index (χ1v) is 9.43. The molecule has 0 aliphatic carbocycles. The van der Waals surface area contributed by atoms with Gasteiger partial charge >= 0.3 is 0 Å². The fourth-order valence-electron chi connectivity index (χ4n) is 2.53. The number of hydrogen-bond donors (Lipinski definition) is 1. The molecule has 1 atom stereocenters. The van der Waals surface area contributed by atoms with Crippen molar-refractivity contribution in [3.05, 3.63) is 59.0 Å². The average molecular weight is 410 g/mol. The number of aromatic nitrogens is 1. The van der Waals surface area contributed by atoms with Crippen molar-refractivity contribution in [1.82, 2.24) is 9.29 Å². The van der Waals surface area contributed by atoms with Gasteiger partial charge in [0.25, 0.3) is 10.0 Å². The Balaban J connectivity index is 1.81. The van der Waals surface area contributed by atoms with Crippen molar-refractivity contribution < 1.29 is 22.7 Å². The summed E-state index contributed by atoms with van der Waals surface area (Å²) in [4.78, 5) is 3.82. The highest BCUT2D eigenvalue weighted by atomic mass is 35.5. The molecule has 0 unspecified atom stereocenters. The van der Waals surface area contributed by atoms with Crippen LogP contribution in [-0.2, 0) is 10.0 Å². The third kappa shape index (κ3) is 3.73. The lowest BCUT2D eigenvalue weighted by Crippen LogP contribution is -2.31. The van der Waals surface area contributed by atoms with Crippen LogP contribution in [0.1, 0.15) is 5.56 Å². The third-order valence-corrected chi connectivity index (χ3v) is 5.90. The molecule has 1 aromatic heterocycles. The van der Waals surface area contributed by atoms with E-state index in [0.717, 1.165) is 16.4 Å². The molecule has 140 valence electrons. The number of benzene rings is 1. The normalized spacial score (nSPS) is 17.7. The van der Waals surface area contributed by atoms with Crippen molar-refractivity contribution in [1.29, 1.82) is 5.26 Å². The molecule has 0 amide bonds. The van der Waals surface area contributed by atoms with Gasteiger partial charge in [0.15, 0.2) is 16.5 Å². The zero-order valence-corrected chi connectivity index (χ0v) is 15.3. The zero-order valence-electron chi connectivity index (χ0n) is 13.8. The minimum atomic E-state index is -3.90. The summed E-state index contributed by atoms with van der Waals surface area (Å²) in [5.74, 6) is -1.49. The lowest BCUT2D eigenvalue weighted by Gasteiger charge is -2.17. The number of hydrogen-bond acceptors (Lipinski definition) is 6. The highest BCUT2D eigenvalue weighted by Gasteiger charge is 2.37. The van der Waals surface area contributed by atoms with Gasteiger partial charge in [-0.2, -0.15) is 9.57 Å². The maximum atomic E-state index is 13.8. The van der Waals surface area contributed by atoms with Crippen molar-refractivity contribution in [3.63, 3.8) is 0 Å². The summed E-state index contributed by atoms with van der Waals surface area (Å²) in [7, 11) is -3.90. The van der Waals surface area contributed by atoms with E-state index in [1.54, 1.807) is 6.07 Å². The van der Waals surface area contributed by atoms with Gasteiger partial charge in [0, 0.05) is 24.9 Å². The van der Waals surface area contributed by atoms with Crippen molar-refractivity contribution in [2.75, 3.05) is 13.1 Å². The van der Waals surface area contributed by atoms with Crippen molar-refractivity contribution in [2.45, 2.75) is 11.1 Å². The minimum absolute atomic E-state index is 0.0170. The minimum Gasteiger partial charge on any atom is -0.504 e. The second-order valence-electron chi connectivity index (χ2n) is 5.79. The molecular formula is C17H13ClFN3O4S. The Bertz CT molecular complexity index is 1050. The second kappa shape index (κ2) is 7.15. The van der Waals surface area contributed by atoms with E-state index in [2.05, 4.69) is 11.6 Å². The summed E-state index contributed by atoms with van der Waals surface area (Å²) >= 11 is 5.73. The molecule has 0 spiro atoms. The molecule has 1 aliphatic rings. The molecular weight excluding hydrogens is 397 g/mol. The van der Waals surface area contributed by atoms with Gasteiger partial charge in [0.1, 0.15) is 18.0 Å². The van der Waals surface area contributed by atoms with Gasteiger partial charge in [-0.1, -0.05) is 18.2 Å². The Morgan fingerprint density at radius 1 is 1.44 bits per heavy atom. The van der Waals surface area contributed by atoms with Crippen LogP contribution in [0.2, 0.25) is 5.02 Å². The van der Waals surface area contributed by atoms with Gasteiger partial charge in [-0.05, 0) is 17.7 Å². The molecule has 1 fully saturated rings. The first kappa shape index (κ1) is 19.1. The van der Waals surface area contributed by atoms with Crippen LogP contribution >= 0.6 is 11.6 Å². The molecule has 2 aromatic rings. The molecule has 3 rings (SSSR count). The van der Waals surface area contributed by atoms with E-state index < -0.39 is 27.7 Å². The Labute approximate surface area is 159 Å². The number of aromatic hydroxyl groups is 1. The van der Waals surface area contributed by atoms with E-state index in [9.17, 15) is 17.9 Å². The maximum Gasteiger partial charge on any atom is 0.260 e. The number of pyridine rings is 1. The molecule has 7 nitrogen and oxygen atoms in total. The Hall–Kier alpha value is -2.67. The molecule has 27 heavy (non-hydrogen) atoms. The van der Waals surface area contributed by atoms with Gasteiger partial charge in [0.05, 0.1) is 17.1 Å². The van der Waals surface area contributed by atoms with Crippen LogP contribution in [0.15, 0.2) is 47.6 Å². The summed E-state index contributed by atoms with van der Waals surface area (Å²) in [6.45, 7) is 3.68. The largest absolute Gasteiger partial charge is 0.504 e. The summed E-state index contributed by atoms with van der Waals surface area (Å²) in [6, 6.07) is 6.12. The summed E-state index contributed by atoms with van der Waals surface area (Å²) < 4.78 is 45.8. The number of phenols is 1. The number of halogens is 2. The van der Waals surface area contributed by atoms with E-state index in [1.807, 2.05) is 0 Å². The van der Waals surface area contributed by atoms with Gasteiger partial charge in [-0.3, -0.25) is 0 Å². The fraction of sp³-hybridized carbons (Fsp3) is 0.176. The maximum absolute atomic E-state index is 13.8. The van der Waals surface area contributed by atoms with Gasteiger partial charge in [0.2, 0.25) is 0 Å². The molecule has 1 saturated heterocycles. The smallest absolute Gasteiger partial charge is 0.260 e. The van der Waals surface area contributed by atoms with Crippen molar-refractivity contribution >= 4 is 21.6 Å². The first-order valence-electron chi connectivity index (χ1n) is 7.61. The topological polar surface area (TPSA) is 104 Å². The molecule has 0 saturated carbocycles. The Morgan fingerprint density at radius 3 is 2.81 bits per heavy atom. The zero-order chi connectivity index (χ0) is 19.8. The molecule has 1 aliphatic heterocycles. The number of nitrogens with zero attached hydrogens (tertiary/aromatic N) is 3. The summed E-state index contributed by atoms with van der Waals surface area (Å²) in [5, 5.41) is 18.8. The quantitative estimate of drug-likeness (QED) is 0.778. The predicted octanol–water partition coefficient (Wildman–Crippen LogP) is 2.46. The highest BCUT2D eigenvalue weighted by molar-refractivity contribution is 7.89. The molecule has 10 heteroatoms. The van der Waals surface area contributed by atoms with Crippen molar-refractivity contribution in [3.8, 4) is 17.6 Å². The number of sulfonamides is 1. The lowest BCUT2D eigenvalue weighted by atomic mass is 10.2. The van der Waals surface area contributed by atoms with Gasteiger partial charge in [-0.25, -0.2) is 17.8 Å². The molecule has 0 bridgehead atoms. The molecule has 2 heterocycles. The SMILES string of the molecule is C=C1CN(S(=O)(=O)c2ccc(Cl)cn2)C[C@@H]1Oc1cc(F)c(C#N)cc1O. The highest BCUT2D eigenvalue weighted by Crippen LogP contribution is 2.33. The predicted molar refractivity (Wildman–Crippen MR) is 94.3 cm³/mol. The number of phenolic OH excluding ortho intramolecular Hbond substituents is 1. The summed E-state index contributed by atoms with van der Waals surface area (Å²) in [6.07, 6.45) is 0.426. The van der Waals surface area contributed by atoms with E-state index >= 15 is 0 Å². The van der Waals surface area contributed by atoms with Crippen LogP contribution in [0.25, 0.3) is 0 Å². The Morgan fingerprint density at radius 2 is 2.19 bits per heavy atom. The fourth-order valence-corrected chi connectivity index (χ4v) is 4.00. The first-order chi connectivity index (χ1) is 12.7. The number of rotatable bonds is 4. The second-order valence-corrected chi connectivity index (χ2v) is 8.11. The van der Waals surface area contributed by atoms with Crippen LogP contribution in [0.3, 0.4) is 0 Å².